The minimum Gasteiger partial charge on any atom is -0.370 e. The molecule has 0 amide bonds. The molecule has 3 rings (SSSR count). The van der Waals surface area contributed by atoms with Crippen molar-refractivity contribution in [1.29, 1.82) is 0 Å². The van der Waals surface area contributed by atoms with Crippen LogP contribution in [0.25, 0.3) is 0 Å². The maximum atomic E-state index is 6.11. The van der Waals surface area contributed by atoms with Gasteiger partial charge in [0, 0.05) is 38.6 Å². The molecule has 116 valence electrons. The largest absolute Gasteiger partial charge is 0.370 e. The van der Waals surface area contributed by atoms with Gasteiger partial charge in [0.15, 0.2) is 5.96 Å². The summed E-state index contributed by atoms with van der Waals surface area (Å²) in [7, 11) is 0. The van der Waals surface area contributed by atoms with E-state index in [4.69, 9.17) is 5.73 Å². The van der Waals surface area contributed by atoms with E-state index in [1.807, 2.05) is 6.07 Å². The number of nitrogens with zero attached hydrogens (tertiary/aromatic N) is 5. The summed E-state index contributed by atoms with van der Waals surface area (Å²) < 4.78 is 1.12. The number of halogens is 1. The Bertz CT molecular complexity index is 636. The second-order valence-corrected chi connectivity index (χ2v) is 7.25. The molecule has 0 saturated carbocycles. The van der Waals surface area contributed by atoms with E-state index in [-0.39, 0.29) is 0 Å². The smallest absolute Gasteiger partial charge is 0.225 e. The second kappa shape index (κ2) is 7.06. The SMILES string of the molecule is NC(=NCc1csc(Br)c1)N1CCN(c2ncccn2)CC1. The summed E-state index contributed by atoms with van der Waals surface area (Å²) >= 11 is 5.12. The lowest BCUT2D eigenvalue weighted by molar-refractivity contribution is 0.378. The van der Waals surface area contributed by atoms with E-state index in [2.05, 4.69) is 52.1 Å². The lowest BCUT2D eigenvalue weighted by Crippen LogP contribution is -2.51. The summed E-state index contributed by atoms with van der Waals surface area (Å²) in [6.45, 7) is 3.99. The fraction of sp³-hybridized carbons (Fsp3) is 0.357. The Hall–Kier alpha value is -1.67. The topological polar surface area (TPSA) is 70.6 Å². The van der Waals surface area contributed by atoms with Gasteiger partial charge in [-0.15, -0.1) is 11.3 Å². The summed E-state index contributed by atoms with van der Waals surface area (Å²) in [6.07, 6.45) is 3.53. The molecule has 0 atom stereocenters. The van der Waals surface area contributed by atoms with E-state index >= 15 is 0 Å². The average Bonchev–Trinajstić information content (AvgIpc) is 2.99. The molecule has 2 N–H and O–H groups in total. The number of hydrogen-bond acceptors (Lipinski definition) is 5. The van der Waals surface area contributed by atoms with Crippen molar-refractivity contribution in [3.63, 3.8) is 0 Å². The zero-order valence-corrected chi connectivity index (χ0v) is 14.4. The van der Waals surface area contributed by atoms with E-state index < -0.39 is 0 Å². The lowest BCUT2D eigenvalue weighted by Gasteiger charge is -2.35. The second-order valence-electron chi connectivity index (χ2n) is 4.96. The van der Waals surface area contributed by atoms with Gasteiger partial charge in [-0.05, 0) is 39.0 Å². The molecule has 2 aromatic heterocycles. The number of rotatable bonds is 3. The predicted octanol–water partition coefficient (Wildman–Crippen LogP) is 1.94. The molecular weight excluding hydrogens is 364 g/mol. The Morgan fingerprint density at radius 2 is 2.00 bits per heavy atom. The van der Waals surface area contributed by atoms with Gasteiger partial charge < -0.3 is 15.5 Å². The van der Waals surface area contributed by atoms with Crippen molar-refractivity contribution >= 4 is 39.2 Å². The van der Waals surface area contributed by atoms with Crippen molar-refractivity contribution in [2.24, 2.45) is 10.7 Å². The van der Waals surface area contributed by atoms with Crippen LogP contribution < -0.4 is 10.6 Å². The zero-order chi connectivity index (χ0) is 15.4. The Morgan fingerprint density at radius 1 is 1.27 bits per heavy atom. The highest BCUT2D eigenvalue weighted by Gasteiger charge is 2.19. The molecule has 6 nitrogen and oxygen atoms in total. The van der Waals surface area contributed by atoms with Gasteiger partial charge in [0.25, 0.3) is 0 Å². The summed E-state index contributed by atoms with van der Waals surface area (Å²) in [4.78, 5) is 17.3. The molecule has 1 fully saturated rings. The first-order chi connectivity index (χ1) is 10.7. The number of piperazine rings is 1. The molecule has 0 bridgehead atoms. The van der Waals surface area contributed by atoms with Gasteiger partial charge in [0.2, 0.25) is 5.95 Å². The minimum absolute atomic E-state index is 0.607. The monoisotopic (exact) mass is 380 g/mol. The third-order valence-electron chi connectivity index (χ3n) is 3.48. The van der Waals surface area contributed by atoms with Crippen LogP contribution in [0, 0.1) is 0 Å². The number of aliphatic imine (C=N–C) groups is 1. The maximum Gasteiger partial charge on any atom is 0.225 e. The van der Waals surface area contributed by atoms with Crippen LogP contribution in [0.5, 0.6) is 0 Å². The highest BCUT2D eigenvalue weighted by Crippen LogP contribution is 2.21. The highest BCUT2D eigenvalue weighted by atomic mass is 79.9. The molecule has 8 heteroatoms. The maximum absolute atomic E-state index is 6.11. The van der Waals surface area contributed by atoms with Gasteiger partial charge in [-0.1, -0.05) is 0 Å². The molecule has 0 aliphatic carbocycles. The number of nitrogens with two attached hydrogens (primary N) is 1. The number of guanidine groups is 1. The highest BCUT2D eigenvalue weighted by molar-refractivity contribution is 9.11. The molecule has 3 heterocycles. The Morgan fingerprint density at radius 3 is 2.64 bits per heavy atom. The molecule has 1 aliphatic heterocycles. The lowest BCUT2D eigenvalue weighted by atomic mass is 10.3. The molecule has 22 heavy (non-hydrogen) atoms. The number of anilines is 1. The van der Waals surface area contributed by atoms with E-state index in [0.717, 1.165) is 35.9 Å². The van der Waals surface area contributed by atoms with Gasteiger partial charge in [-0.3, -0.25) is 0 Å². The Balaban J connectivity index is 1.54. The summed E-state index contributed by atoms with van der Waals surface area (Å²) in [5.41, 5.74) is 7.28. The van der Waals surface area contributed by atoms with Crippen molar-refractivity contribution in [2.45, 2.75) is 6.54 Å². The van der Waals surface area contributed by atoms with Crippen molar-refractivity contribution in [2.75, 3.05) is 31.1 Å². The number of thiophene rings is 1. The van der Waals surface area contributed by atoms with Crippen LogP contribution in [-0.2, 0) is 6.54 Å². The van der Waals surface area contributed by atoms with Crippen LogP contribution in [0.1, 0.15) is 5.56 Å². The first-order valence-corrected chi connectivity index (χ1v) is 8.69. The van der Waals surface area contributed by atoms with Crippen LogP contribution in [-0.4, -0.2) is 47.0 Å². The van der Waals surface area contributed by atoms with E-state index in [9.17, 15) is 0 Å². The predicted molar refractivity (Wildman–Crippen MR) is 93.2 cm³/mol. The van der Waals surface area contributed by atoms with Gasteiger partial charge in [-0.2, -0.15) is 0 Å². The fourth-order valence-electron chi connectivity index (χ4n) is 2.29. The van der Waals surface area contributed by atoms with E-state index in [0.29, 0.717) is 12.5 Å². The third-order valence-corrected chi connectivity index (χ3v) is 5.04. The average molecular weight is 381 g/mol. The van der Waals surface area contributed by atoms with Crippen LogP contribution >= 0.6 is 27.3 Å². The quantitative estimate of drug-likeness (QED) is 0.650. The van der Waals surface area contributed by atoms with Gasteiger partial charge in [-0.25, -0.2) is 15.0 Å². The van der Waals surface area contributed by atoms with Crippen molar-refractivity contribution in [3.8, 4) is 0 Å². The van der Waals surface area contributed by atoms with Crippen LogP contribution in [0.2, 0.25) is 0 Å². The van der Waals surface area contributed by atoms with Crippen molar-refractivity contribution in [1.82, 2.24) is 14.9 Å². The molecule has 0 radical (unpaired) electrons. The first kappa shape index (κ1) is 15.2. The third kappa shape index (κ3) is 3.75. The standard InChI is InChI=1S/C14H17BrN6S/c15-12-8-11(10-22-12)9-19-13(16)20-4-6-21(7-5-20)14-17-2-1-3-18-14/h1-3,8,10H,4-7,9H2,(H2,16,19). The van der Waals surface area contributed by atoms with E-state index in [1.54, 1.807) is 23.7 Å². The molecular formula is C14H17BrN6S. The minimum atomic E-state index is 0.607. The summed E-state index contributed by atoms with van der Waals surface area (Å²) in [5, 5.41) is 2.09. The van der Waals surface area contributed by atoms with Crippen LogP contribution in [0.4, 0.5) is 5.95 Å². The molecule has 0 unspecified atom stereocenters. The van der Waals surface area contributed by atoms with Crippen LogP contribution in [0.3, 0.4) is 0 Å². The normalized spacial score (nSPS) is 16.1. The Labute approximate surface area is 141 Å². The van der Waals surface area contributed by atoms with Gasteiger partial charge in [0.05, 0.1) is 10.3 Å². The number of hydrogen-bond donors (Lipinski definition) is 1. The number of aromatic nitrogens is 2. The zero-order valence-electron chi connectivity index (χ0n) is 12.0. The summed E-state index contributed by atoms with van der Waals surface area (Å²) in [6, 6.07) is 3.90. The van der Waals surface area contributed by atoms with Crippen LogP contribution in [0.15, 0.2) is 38.7 Å². The summed E-state index contributed by atoms with van der Waals surface area (Å²) in [5.74, 6) is 1.39. The van der Waals surface area contributed by atoms with Crippen molar-refractivity contribution < 1.29 is 0 Å². The molecule has 0 spiro atoms. The first-order valence-electron chi connectivity index (χ1n) is 7.02. The Kier molecular flexibility index (Phi) is 4.89. The van der Waals surface area contributed by atoms with Gasteiger partial charge in [0.1, 0.15) is 0 Å². The van der Waals surface area contributed by atoms with E-state index in [1.165, 1.54) is 5.56 Å². The molecule has 1 aliphatic rings. The fourth-order valence-corrected chi connectivity index (χ4v) is 3.49. The van der Waals surface area contributed by atoms with Gasteiger partial charge >= 0.3 is 0 Å². The molecule has 1 saturated heterocycles. The molecule has 2 aromatic rings. The van der Waals surface area contributed by atoms with Crippen molar-refractivity contribution in [3.05, 3.63) is 39.3 Å². The molecule has 0 aromatic carbocycles.